The van der Waals surface area contributed by atoms with E-state index in [9.17, 15) is 32.8 Å². The summed E-state index contributed by atoms with van der Waals surface area (Å²) in [6.45, 7) is 8.96. The minimum absolute atomic E-state index is 0.0275. The zero-order chi connectivity index (χ0) is 52.5. The number of piperazine rings is 4. The van der Waals surface area contributed by atoms with E-state index in [1.807, 2.05) is 9.80 Å². The van der Waals surface area contributed by atoms with E-state index < -0.39 is 0 Å². The normalized spacial score (nSPS) is 19.8. The van der Waals surface area contributed by atoms with Crippen molar-refractivity contribution < 1.29 is 42.2 Å². The fourth-order valence-electron chi connectivity index (χ4n) is 9.84. The van der Waals surface area contributed by atoms with Crippen LogP contribution in [0.2, 0.25) is 10.0 Å². The van der Waals surface area contributed by atoms with Gasteiger partial charge in [0.2, 0.25) is 23.6 Å². The predicted molar refractivity (Wildman–Crippen MR) is 278 cm³/mol. The summed E-state index contributed by atoms with van der Waals surface area (Å²) in [5.41, 5.74) is 4.21. The van der Waals surface area contributed by atoms with E-state index in [0.29, 0.717) is 89.9 Å². The number of fused-ring (bicyclic) bond motifs is 4. The molecule has 4 atom stereocenters. The summed E-state index contributed by atoms with van der Waals surface area (Å²) < 4.78 is 37.2. The van der Waals surface area contributed by atoms with E-state index in [1.165, 1.54) is 64.5 Å². The van der Waals surface area contributed by atoms with Gasteiger partial charge >= 0.3 is 6.03 Å². The van der Waals surface area contributed by atoms with Gasteiger partial charge in [0.15, 0.2) is 0 Å². The summed E-state index contributed by atoms with van der Waals surface area (Å²) >= 11 is 12.4. The van der Waals surface area contributed by atoms with Gasteiger partial charge in [0, 0.05) is 128 Å². The summed E-state index contributed by atoms with van der Waals surface area (Å²) in [6.07, 6.45) is 6.33. The molecule has 4 bridgehead atoms. The first-order valence-electron chi connectivity index (χ1n) is 23.8. The molecule has 20 heteroatoms. The van der Waals surface area contributed by atoms with Crippen molar-refractivity contribution >= 4 is 76.4 Å². The van der Waals surface area contributed by atoms with Crippen molar-refractivity contribution in [3.63, 3.8) is 0 Å². The van der Waals surface area contributed by atoms with Crippen LogP contribution in [0.3, 0.4) is 0 Å². The molecule has 6 amide bonds. The van der Waals surface area contributed by atoms with Crippen molar-refractivity contribution in [3.05, 3.63) is 129 Å². The molecule has 4 aliphatic heterocycles. The van der Waals surface area contributed by atoms with E-state index in [1.54, 1.807) is 84.6 Å². The van der Waals surface area contributed by atoms with Crippen molar-refractivity contribution in [2.75, 3.05) is 91.3 Å². The lowest BCUT2D eigenvalue weighted by Crippen LogP contribution is -2.70. The number of hydrogen-bond donors (Lipinski definition) is 3. The highest BCUT2D eigenvalue weighted by Gasteiger charge is 2.44. The number of carbonyl (C=O) groups is 5. The number of ether oxygens (including phenoxy) is 2. The SMILES string of the molecule is COc1cc(/C=C/C(=O)N2C3CN(Cc4ccc(F)cc4)CC2CN(C(=O)N(C)C)C3)c(NC(C)=O)cc1Cl.COc1cc(/C=C/C(=O)N2C3CNCC2CN(Cc2ccc(F)cc2)C3)c(NC(C)=O)cc1Cl. The summed E-state index contributed by atoms with van der Waals surface area (Å²) in [4.78, 5) is 74.6. The van der Waals surface area contributed by atoms with Crippen LogP contribution in [0.25, 0.3) is 12.2 Å². The molecular formula is C53H61Cl2F2N9O7. The monoisotopic (exact) mass is 1040 g/mol. The molecule has 0 aromatic heterocycles. The number of methoxy groups -OCH3 is 2. The minimum atomic E-state index is -0.282. The van der Waals surface area contributed by atoms with Gasteiger partial charge in [-0.05, 0) is 71.8 Å². The molecule has 0 saturated carbocycles. The van der Waals surface area contributed by atoms with Crippen LogP contribution >= 0.6 is 23.2 Å². The maximum atomic E-state index is 13.6. The van der Waals surface area contributed by atoms with Gasteiger partial charge in [-0.25, -0.2) is 13.6 Å². The summed E-state index contributed by atoms with van der Waals surface area (Å²) in [7, 11) is 6.43. The lowest BCUT2D eigenvalue weighted by molar-refractivity contribution is -0.140. The third-order valence-corrected chi connectivity index (χ3v) is 13.5. The van der Waals surface area contributed by atoms with Crippen LogP contribution in [0.15, 0.2) is 84.9 Å². The molecule has 4 unspecified atom stereocenters. The molecule has 0 spiro atoms. The number of nitrogens with one attached hydrogen (secondary N) is 3. The van der Waals surface area contributed by atoms with E-state index in [0.717, 1.165) is 30.8 Å². The maximum absolute atomic E-state index is 13.6. The molecule has 4 saturated heterocycles. The Balaban J connectivity index is 0.000000216. The summed E-state index contributed by atoms with van der Waals surface area (Å²) in [6, 6.07) is 19.0. The van der Waals surface area contributed by atoms with Crippen LogP contribution in [-0.2, 0) is 32.3 Å². The van der Waals surface area contributed by atoms with Gasteiger partial charge in [0.1, 0.15) is 23.1 Å². The molecule has 0 radical (unpaired) electrons. The Hall–Kier alpha value is -6.57. The van der Waals surface area contributed by atoms with E-state index in [-0.39, 0.29) is 65.5 Å². The Kier molecular flexibility index (Phi) is 18.1. The Bertz CT molecular complexity index is 2700. The number of anilines is 2. The van der Waals surface area contributed by atoms with Crippen molar-refractivity contribution in [1.82, 2.24) is 34.7 Å². The minimum Gasteiger partial charge on any atom is -0.495 e. The van der Waals surface area contributed by atoms with Crippen molar-refractivity contribution in [1.29, 1.82) is 0 Å². The molecule has 4 heterocycles. The second kappa shape index (κ2) is 24.4. The summed E-state index contributed by atoms with van der Waals surface area (Å²) in [5.74, 6) is -0.426. The molecule has 0 aliphatic carbocycles. The molecular weight excluding hydrogens is 984 g/mol. The first-order chi connectivity index (χ1) is 34.9. The molecule has 8 rings (SSSR count). The highest BCUT2D eigenvalue weighted by Crippen LogP contribution is 2.34. The number of rotatable bonds is 12. The summed E-state index contributed by atoms with van der Waals surface area (Å²) in [5, 5.41) is 9.60. The van der Waals surface area contributed by atoms with Crippen LogP contribution in [0.4, 0.5) is 25.0 Å². The Morgan fingerprint density at radius 2 is 1.01 bits per heavy atom. The molecule has 3 N–H and O–H groups in total. The van der Waals surface area contributed by atoms with E-state index in [2.05, 4.69) is 25.8 Å². The highest BCUT2D eigenvalue weighted by atomic mass is 35.5. The standard InChI is InChI=1S/C28H33ClFN5O4.C25H28ClFN4O3/c1-18(36)31-25-12-24(29)26(39-4)11-20(25)7-10-27(37)35-22-14-33(13-19-5-8-21(30)9-6-19)15-23(35)17-34(16-22)28(38)32(2)3;1-16(32)29-23-10-22(26)24(34-2)9-18(23)5-8-25(33)31-20-11-28-12-21(31)15-30(14-20)13-17-3-6-19(27)7-4-17/h5-12,22-23H,13-17H2,1-4H3,(H,31,36);3-10,20-21,28H,11-15H2,1-2H3,(H,29,32)/b10-7+;8-5+. The van der Waals surface area contributed by atoms with Crippen molar-refractivity contribution in [2.24, 2.45) is 0 Å². The fourth-order valence-corrected chi connectivity index (χ4v) is 10.3. The smallest absolute Gasteiger partial charge is 0.319 e. The quantitative estimate of drug-likeness (QED) is 0.131. The third-order valence-electron chi connectivity index (χ3n) is 13.0. The number of halogens is 4. The second-order valence-corrected chi connectivity index (χ2v) is 19.5. The molecule has 388 valence electrons. The van der Waals surface area contributed by atoms with Gasteiger partial charge in [-0.1, -0.05) is 47.5 Å². The Labute approximate surface area is 434 Å². The molecule has 4 aliphatic rings. The lowest BCUT2D eigenvalue weighted by atomic mass is 9.99. The van der Waals surface area contributed by atoms with Gasteiger partial charge in [-0.2, -0.15) is 0 Å². The zero-order valence-electron chi connectivity index (χ0n) is 41.7. The highest BCUT2D eigenvalue weighted by molar-refractivity contribution is 6.33. The molecule has 4 aromatic rings. The Morgan fingerprint density at radius 3 is 1.38 bits per heavy atom. The van der Waals surface area contributed by atoms with E-state index in [4.69, 9.17) is 32.7 Å². The van der Waals surface area contributed by atoms with Crippen molar-refractivity contribution in [3.8, 4) is 11.5 Å². The number of urea groups is 1. The van der Waals surface area contributed by atoms with Gasteiger partial charge in [-0.3, -0.25) is 29.0 Å². The molecule has 73 heavy (non-hydrogen) atoms. The predicted octanol–water partition coefficient (Wildman–Crippen LogP) is 6.68. The van der Waals surface area contributed by atoms with Gasteiger partial charge in [0.25, 0.3) is 0 Å². The number of carbonyl (C=O) groups excluding carboxylic acids is 5. The van der Waals surface area contributed by atoms with Gasteiger partial charge in [0.05, 0.1) is 48.4 Å². The van der Waals surface area contributed by atoms with Gasteiger partial charge in [-0.15, -0.1) is 0 Å². The number of hydrogen-bond acceptors (Lipinski definition) is 10. The molecule has 4 fully saturated rings. The largest absolute Gasteiger partial charge is 0.495 e. The first kappa shape index (κ1) is 54.2. The zero-order valence-corrected chi connectivity index (χ0v) is 43.2. The fraction of sp³-hybridized carbons (Fsp3) is 0.377. The van der Waals surface area contributed by atoms with Crippen LogP contribution in [0, 0.1) is 11.6 Å². The lowest BCUT2D eigenvalue weighted by Gasteiger charge is -2.53. The topological polar surface area (TPSA) is 159 Å². The number of amides is 6. The molecule has 16 nitrogen and oxygen atoms in total. The van der Waals surface area contributed by atoms with Crippen LogP contribution in [0.5, 0.6) is 11.5 Å². The number of nitrogens with zero attached hydrogens (tertiary/aromatic N) is 6. The first-order valence-corrected chi connectivity index (χ1v) is 24.6. The second-order valence-electron chi connectivity index (χ2n) is 18.7. The third kappa shape index (κ3) is 13.9. The number of benzene rings is 4. The van der Waals surface area contributed by atoms with Crippen LogP contribution < -0.4 is 25.4 Å². The van der Waals surface area contributed by atoms with Crippen LogP contribution in [-0.4, -0.2) is 164 Å². The Morgan fingerprint density at radius 1 is 0.630 bits per heavy atom. The van der Waals surface area contributed by atoms with Crippen molar-refractivity contribution in [2.45, 2.75) is 51.1 Å². The average molecular weight is 1050 g/mol. The van der Waals surface area contributed by atoms with E-state index >= 15 is 0 Å². The molecule has 4 aromatic carbocycles. The van der Waals surface area contributed by atoms with Crippen LogP contribution in [0.1, 0.15) is 36.1 Å². The average Bonchev–Trinajstić information content (AvgIpc) is 3.33. The maximum Gasteiger partial charge on any atom is 0.319 e. The van der Waals surface area contributed by atoms with Gasteiger partial charge < -0.3 is 45.0 Å².